The Bertz CT molecular complexity index is 1200. The van der Waals surface area contributed by atoms with E-state index in [1.165, 1.54) is 20.5 Å². The van der Waals surface area contributed by atoms with E-state index < -0.39 is 0 Å². The second-order valence-electron chi connectivity index (χ2n) is 6.77. The number of nitrogens with two attached hydrogens (primary N) is 1. The number of fused-ring (bicyclic) bond motifs is 2. The molecule has 0 amide bonds. The molecule has 0 fully saturated rings. The molecular weight excluding hydrogens is 370 g/mol. The summed E-state index contributed by atoms with van der Waals surface area (Å²) in [4.78, 5) is 22.5. The summed E-state index contributed by atoms with van der Waals surface area (Å²) in [5.41, 5.74) is 9.54. The number of nitrogen functional groups attached to an aromatic ring is 1. The molecule has 2 aromatic heterocycles. The number of H-pyrrole nitrogens is 1. The topological polar surface area (TPSA) is 97.0 Å². The fourth-order valence-electron chi connectivity index (χ4n) is 3.51. The van der Waals surface area contributed by atoms with Crippen LogP contribution in [-0.4, -0.2) is 27.2 Å². The highest BCUT2D eigenvalue weighted by atomic mass is 32.1. The molecule has 2 aromatic carbocycles. The Kier molecular flexibility index (Phi) is 4.02. The molecule has 0 saturated heterocycles. The van der Waals surface area contributed by atoms with E-state index in [2.05, 4.69) is 38.4 Å². The summed E-state index contributed by atoms with van der Waals surface area (Å²) in [6, 6.07) is 14.5. The van der Waals surface area contributed by atoms with Gasteiger partial charge in [0, 0.05) is 34.2 Å². The SMILES string of the molecule is Nc1n[nH]c(CCC(=O)c2cc3c(c(-c4cc5ccccc5s4)c2)CN=C3)n1. The lowest BCUT2D eigenvalue weighted by Gasteiger charge is -2.09. The second kappa shape index (κ2) is 6.69. The maximum Gasteiger partial charge on any atom is 0.239 e. The monoisotopic (exact) mass is 387 g/mol. The van der Waals surface area contributed by atoms with Crippen molar-refractivity contribution < 1.29 is 4.79 Å². The molecule has 1 aliphatic heterocycles. The van der Waals surface area contributed by atoms with Crippen LogP contribution in [0.3, 0.4) is 0 Å². The first-order chi connectivity index (χ1) is 13.7. The van der Waals surface area contributed by atoms with E-state index in [1.54, 1.807) is 11.3 Å². The number of aliphatic imine (C=N–C) groups is 1. The number of nitrogens with zero attached hydrogens (tertiary/aromatic N) is 3. The smallest absolute Gasteiger partial charge is 0.239 e. The van der Waals surface area contributed by atoms with Crippen LogP contribution >= 0.6 is 11.3 Å². The Morgan fingerprint density at radius 2 is 2.11 bits per heavy atom. The lowest BCUT2D eigenvalue weighted by Crippen LogP contribution is -2.04. The number of thiophene rings is 1. The van der Waals surface area contributed by atoms with Crippen LogP contribution in [0.2, 0.25) is 0 Å². The fourth-order valence-corrected chi connectivity index (χ4v) is 4.62. The van der Waals surface area contributed by atoms with Gasteiger partial charge in [0.25, 0.3) is 0 Å². The maximum atomic E-state index is 12.8. The molecule has 138 valence electrons. The Hall–Kier alpha value is -3.32. The van der Waals surface area contributed by atoms with Crippen molar-refractivity contribution >= 4 is 39.4 Å². The molecule has 0 spiro atoms. The van der Waals surface area contributed by atoms with Gasteiger partial charge in [0.1, 0.15) is 5.82 Å². The van der Waals surface area contributed by atoms with Crippen LogP contribution in [0.5, 0.6) is 0 Å². The number of aryl methyl sites for hydroxylation is 1. The zero-order chi connectivity index (χ0) is 19.1. The van der Waals surface area contributed by atoms with Crippen molar-refractivity contribution in [2.75, 3.05) is 5.73 Å². The summed E-state index contributed by atoms with van der Waals surface area (Å²) in [6.45, 7) is 0.657. The molecule has 1 aliphatic rings. The number of aromatic amines is 1. The van der Waals surface area contributed by atoms with Crippen molar-refractivity contribution in [2.45, 2.75) is 19.4 Å². The minimum Gasteiger partial charge on any atom is -0.367 e. The average molecular weight is 387 g/mol. The number of ketones is 1. The standard InChI is InChI=1S/C21H17N5OS/c22-21-24-20(25-26-21)6-5-17(27)13-7-14-10-23-11-16(14)15(8-13)19-9-12-3-1-2-4-18(12)28-19/h1-4,7-10H,5-6,11H2,(H3,22,24,25,26). The molecule has 0 atom stereocenters. The quantitative estimate of drug-likeness (QED) is 0.506. The highest BCUT2D eigenvalue weighted by molar-refractivity contribution is 7.22. The van der Waals surface area contributed by atoms with Gasteiger partial charge in [-0.2, -0.15) is 4.98 Å². The number of hydrogen-bond acceptors (Lipinski definition) is 6. The largest absolute Gasteiger partial charge is 0.367 e. The van der Waals surface area contributed by atoms with E-state index >= 15 is 0 Å². The van der Waals surface area contributed by atoms with Gasteiger partial charge in [-0.15, -0.1) is 16.4 Å². The highest BCUT2D eigenvalue weighted by Crippen LogP contribution is 2.38. The molecule has 3 heterocycles. The Morgan fingerprint density at radius 3 is 2.93 bits per heavy atom. The van der Waals surface area contributed by atoms with Crippen LogP contribution in [0.1, 0.15) is 33.7 Å². The molecule has 3 N–H and O–H groups in total. The first kappa shape index (κ1) is 16.8. The van der Waals surface area contributed by atoms with Gasteiger partial charge in [-0.3, -0.25) is 14.9 Å². The van der Waals surface area contributed by atoms with Crippen molar-refractivity contribution in [1.29, 1.82) is 0 Å². The van der Waals surface area contributed by atoms with Gasteiger partial charge in [-0.05, 0) is 46.3 Å². The first-order valence-electron chi connectivity index (χ1n) is 9.03. The summed E-state index contributed by atoms with van der Waals surface area (Å²) >= 11 is 1.75. The number of nitrogens with one attached hydrogen (secondary N) is 1. The minimum atomic E-state index is 0.0698. The normalized spacial score (nSPS) is 12.6. The van der Waals surface area contributed by atoms with Gasteiger partial charge < -0.3 is 5.73 Å². The summed E-state index contributed by atoms with van der Waals surface area (Å²) in [6.07, 6.45) is 2.68. The van der Waals surface area contributed by atoms with Crippen molar-refractivity contribution in [3.05, 3.63) is 65.0 Å². The third-order valence-electron chi connectivity index (χ3n) is 4.92. The molecular formula is C21H17N5OS. The predicted octanol–water partition coefficient (Wildman–Crippen LogP) is 4.02. The van der Waals surface area contributed by atoms with Gasteiger partial charge in [-0.1, -0.05) is 18.2 Å². The second-order valence-corrected chi connectivity index (χ2v) is 7.86. The number of carbonyl (C=O) groups is 1. The number of rotatable bonds is 5. The lowest BCUT2D eigenvalue weighted by molar-refractivity contribution is 0.0982. The van der Waals surface area contributed by atoms with Gasteiger partial charge in [0.15, 0.2) is 5.78 Å². The molecule has 0 aliphatic carbocycles. The molecule has 4 aromatic rings. The molecule has 0 bridgehead atoms. The van der Waals surface area contributed by atoms with Crippen molar-refractivity contribution in [3.63, 3.8) is 0 Å². The van der Waals surface area contributed by atoms with E-state index in [0.717, 1.165) is 11.1 Å². The van der Waals surface area contributed by atoms with E-state index in [9.17, 15) is 4.79 Å². The Morgan fingerprint density at radius 1 is 1.21 bits per heavy atom. The van der Waals surface area contributed by atoms with Gasteiger partial charge >= 0.3 is 0 Å². The van der Waals surface area contributed by atoms with Crippen LogP contribution < -0.4 is 5.73 Å². The van der Waals surface area contributed by atoms with Crippen LogP contribution in [0, 0.1) is 0 Å². The van der Waals surface area contributed by atoms with E-state index in [-0.39, 0.29) is 11.7 Å². The van der Waals surface area contributed by atoms with E-state index in [1.807, 2.05) is 30.5 Å². The lowest BCUT2D eigenvalue weighted by atomic mass is 9.95. The highest BCUT2D eigenvalue weighted by Gasteiger charge is 2.19. The Balaban J connectivity index is 1.50. The summed E-state index contributed by atoms with van der Waals surface area (Å²) in [5.74, 6) is 0.891. The number of carbonyl (C=O) groups excluding carboxylic acids is 1. The van der Waals surface area contributed by atoms with Crippen LogP contribution in [0.15, 0.2) is 47.5 Å². The van der Waals surface area contributed by atoms with E-state index in [4.69, 9.17) is 5.73 Å². The fraction of sp³-hybridized carbons (Fsp3) is 0.143. The zero-order valence-electron chi connectivity index (χ0n) is 15.0. The summed E-state index contributed by atoms with van der Waals surface area (Å²) < 4.78 is 1.24. The number of aromatic nitrogens is 3. The summed E-state index contributed by atoms with van der Waals surface area (Å²) in [7, 11) is 0. The number of Topliss-reactive ketones (excluding diaryl/α,β-unsaturated/α-hetero) is 1. The number of hydrogen-bond donors (Lipinski definition) is 2. The van der Waals surface area contributed by atoms with Crippen LogP contribution in [-0.2, 0) is 13.0 Å². The van der Waals surface area contributed by atoms with Gasteiger partial charge in [0.05, 0.1) is 6.54 Å². The molecule has 7 heteroatoms. The zero-order valence-corrected chi connectivity index (χ0v) is 15.8. The van der Waals surface area contributed by atoms with Gasteiger partial charge in [-0.25, -0.2) is 0 Å². The van der Waals surface area contributed by atoms with Crippen molar-refractivity contribution in [2.24, 2.45) is 4.99 Å². The predicted molar refractivity (Wildman–Crippen MR) is 112 cm³/mol. The van der Waals surface area contributed by atoms with Crippen LogP contribution in [0.4, 0.5) is 5.95 Å². The average Bonchev–Trinajstić information content (AvgIpc) is 3.43. The molecule has 6 nitrogen and oxygen atoms in total. The molecule has 0 saturated carbocycles. The maximum absolute atomic E-state index is 12.8. The third-order valence-corrected chi connectivity index (χ3v) is 6.06. The molecule has 5 rings (SSSR count). The molecule has 0 unspecified atom stereocenters. The number of anilines is 1. The van der Waals surface area contributed by atoms with E-state index in [0.29, 0.717) is 30.8 Å². The third kappa shape index (κ3) is 2.99. The summed E-state index contributed by atoms with van der Waals surface area (Å²) in [5, 5.41) is 7.77. The Labute approximate surface area is 165 Å². The van der Waals surface area contributed by atoms with Gasteiger partial charge in [0.2, 0.25) is 5.95 Å². The molecule has 0 radical (unpaired) electrons. The number of benzene rings is 2. The minimum absolute atomic E-state index is 0.0698. The molecule has 28 heavy (non-hydrogen) atoms. The first-order valence-corrected chi connectivity index (χ1v) is 9.85. The van der Waals surface area contributed by atoms with Crippen LogP contribution in [0.25, 0.3) is 20.5 Å². The van der Waals surface area contributed by atoms with Crippen molar-refractivity contribution in [3.8, 4) is 10.4 Å². The van der Waals surface area contributed by atoms with Crippen molar-refractivity contribution in [1.82, 2.24) is 15.2 Å².